The number of carbonyl (C=O) groups excluding carboxylic acids is 1. The van der Waals surface area contributed by atoms with Crippen LogP contribution in [0.5, 0.6) is 5.75 Å². The molecule has 0 spiro atoms. The number of benzene rings is 1. The van der Waals surface area contributed by atoms with Crippen LogP contribution in [0.25, 0.3) is 0 Å². The fraction of sp³-hybridized carbons (Fsp3) is 0.667. The summed E-state index contributed by atoms with van der Waals surface area (Å²) in [4.78, 5) is 14.9. The predicted octanol–water partition coefficient (Wildman–Crippen LogP) is 3.53. The highest BCUT2D eigenvalue weighted by Crippen LogP contribution is 2.27. The van der Waals surface area contributed by atoms with Gasteiger partial charge in [0.05, 0.1) is 17.6 Å². The Bertz CT molecular complexity index is 774. The largest absolute Gasteiger partial charge is 0.496 e. The molecular weight excluding hydrogens is 376 g/mol. The van der Waals surface area contributed by atoms with Gasteiger partial charge in [-0.1, -0.05) is 34.6 Å². The number of hydrogen-bond donors (Lipinski definition) is 1. The topological polar surface area (TPSA) is 75.7 Å². The summed E-state index contributed by atoms with van der Waals surface area (Å²) in [5.74, 6) is 1.14. The van der Waals surface area contributed by atoms with Crippen LogP contribution in [0.4, 0.5) is 0 Å². The van der Waals surface area contributed by atoms with Crippen molar-refractivity contribution in [3.63, 3.8) is 0 Å². The van der Waals surface area contributed by atoms with Crippen molar-refractivity contribution >= 4 is 15.9 Å². The van der Waals surface area contributed by atoms with Gasteiger partial charge < -0.3 is 9.64 Å². The maximum atomic E-state index is 13.0. The van der Waals surface area contributed by atoms with Crippen LogP contribution in [-0.4, -0.2) is 45.5 Å². The summed E-state index contributed by atoms with van der Waals surface area (Å²) in [5, 5.41) is 0. The molecule has 0 radical (unpaired) electrons. The molecule has 1 aromatic carbocycles. The summed E-state index contributed by atoms with van der Waals surface area (Å²) >= 11 is 0. The molecule has 158 valence electrons. The number of rotatable bonds is 7. The van der Waals surface area contributed by atoms with Gasteiger partial charge >= 0.3 is 0 Å². The number of carbonyl (C=O) groups is 1. The second-order valence-corrected chi connectivity index (χ2v) is 10.2. The predicted molar refractivity (Wildman–Crippen MR) is 111 cm³/mol. The van der Waals surface area contributed by atoms with Gasteiger partial charge in [0.2, 0.25) is 10.0 Å². The van der Waals surface area contributed by atoms with Crippen molar-refractivity contribution in [1.82, 2.24) is 9.62 Å². The first-order chi connectivity index (χ1) is 13.1. The normalized spacial score (nSPS) is 16.2. The molecule has 1 N–H and O–H groups in total. The van der Waals surface area contributed by atoms with E-state index in [0.29, 0.717) is 30.3 Å². The SMILES string of the molecule is COc1ccc(S(=O)(=O)NC(C(C)C)C(C)C)cc1C(=O)N1CCC(C)CC1. The Hall–Kier alpha value is -1.60. The number of methoxy groups -OCH3 is 1. The van der Waals surface area contributed by atoms with Gasteiger partial charge in [0, 0.05) is 19.1 Å². The lowest BCUT2D eigenvalue weighted by atomic mass is 9.94. The molecule has 7 heteroatoms. The minimum absolute atomic E-state index is 0.0910. The molecule has 0 aliphatic carbocycles. The van der Waals surface area contributed by atoms with Crippen LogP contribution in [0.2, 0.25) is 0 Å². The molecule has 1 heterocycles. The molecule has 28 heavy (non-hydrogen) atoms. The summed E-state index contributed by atoms with van der Waals surface area (Å²) in [6.07, 6.45) is 1.91. The minimum atomic E-state index is -3.75. The molecule has 1 aliphatic heterocycles. The third kappa shape index (κ3) is 5.26. The first kappa shape index (κ1) is 22.7. The highest BCUT2D eigenvalue weighted by atomic mass is 32.2. The lowest BCUT2D eigenvalue weighted by molar-refractivity contribution is 0.0693. The Balaban J connectivity index is 2.34. The number of nitrogens with one attached hydrogen (secondary N) is 1. The van der Waals surface area contributed by atoms with Crippen LogP contribution in [0.3, 0.4) is 0 Å². The van der Waals surface area contributed by atoms with Crippen molar-refractivity contribution in [3.8, 4) is 5.75 Å². The van der Waals surface area contributed by atoms with E-state index in [1.54, 1.807) is 11.0 Å². The molecule has 1 amide bonds. The Labute approximate surface area is 169 Å². The van der Waals surface area contributed by atoms with Crippen molar-refractivity contribution in [3.05, 3.63) is 23.8 Å². The molecule has 1 aromatic rings. The molecule has 1 fully saturated rings. The minimum Gasteiger partial charge on any atom is -0.496 e. The van der Waals surface area contributed by atoms with Crippen molar-refractivity contribution in [1.29, 1.82) is 0 Å². The Morgan fingerprint density at radius 2 is 1.71 bits per heavy atom. The average Bonchev–Trinajstić information content (AvgIpc) is 2.65. The first-order valence-electron chi connectivity index (χ1n) is 10.1. The van der Waals surface area contributed by atoms with Gasteiger partial charge in [-0.2, -0.15) is 0 Å². The van der Waals surface area contributed by atoms with E-state index in [9.17, 15) is 13.2 Å². The number of hydrogen-bond acceptors (Lipinski definition) is 4. The molecule has 0 saturated carbocycles. The molecule has 2 rings (SSSR count). The van der Waals surface area contributed by atoms with Crippen LogP contribution < -0.4 is 9.46 Å². The second kappa shape index (κ2) is 9.27. The second-order valence-electron chi connectivity index (χ2n) is 8.47. The molecule has 1 saturated heterocycles. The Kier molecular flexibility index (Phi) is 7.51. The summed E-state index contributed by atoms with van der Waals surface area (Å²) in [5.41, 5.74) is 0.297. The maximum absolute atomic E-state index is 13.0. The molecular formula is C21H34N2O4S. The van der Waals surface area contributed by atoms with E-state index in [1.165, 1.54) is 19.2 Å². The number of nitrogens with zero attached hydrogens (tertiary/aromatic N) is 1. The molecule has 0 unspecified atom stereocenters. The van der Waals surface area contributed by atoms with E-state index in [-0.39, 0.29) is 28.7 Å². The first-order valence-corrected chi connectivity index (χ1v) is 11.5. The Morgan fingerprint density at radius 1 is 1.14 bits per heavy atom. The number of amides is 1. The van der Waals surface area contributed by atoms with E-state index in [0.717, 1.165) is 12.8 Å². The molecule has 6 nitrogen and oxygen atoms in total. The maximum Gasteiger partial charge on any atom is 0.257 e. The lowest BCUT2D eigenvalue weighted by Gasteiger charge is -2.31. The monoisotopic (exact) mass is 410 g/mol. The van der Waals surface area contributed by atoms with Gasteiger partial charge in [-0.3, -0.25) is 4.79 Å². The van der Waals surface area contributed by atoms with Crippen molar-refractivity contribution < 1.29 is 17.9 Å². The van der Waals surface area contributed by atoms with Crippen LogP contribution in [0.1, 0.15) is 57.8 Å². The third-order valence-electron chi connectivity index (χ3n) is 5.51. The number of sulfonamides is 1. The number of piperidine rings is 1. The van der Waals surface area contributed by atoms with Gasteiger partial charge in [-0.15, -0.1) is 0 Å². The van der Waals surface area contributed by atoms with Crippen molar-refractivity contribution in [2.75, 3.05) is 20.2 Å². The molecule has 0 aromatic heterocycles. The highest BCUT2D eigenvalue weighted by molar-refractivity contribution is 7.89. The molecule has 0 bridgehead atoms. The zero-order valence-corrected chi connectivity index (χ0v) is 18.7. The van der Waals surface area contributed by atoms with E-state index in [2.05, 4.69) is 11.6 Å². The molecule has 0 atom stereocenters. The molecule has 1 aliphatic rings. The smallest absolute Gasteiger partial charge is 0.257 e. The van der Waals surface area contributed by atoms with E-state index in [4.69, 9.17) is 4.74 Å². The van der Waals surface area contributed by atoms with Gasteiger partial charge in [0.1, 0.15) is 5.75 Å². The van der Waals surface area contributed by atoms with E-state index < -0.39 is 10.0 Å². The average molecular weight is 411 g/mol. The van der Waals surface area contributed by atoms with Gasteiger partial charge in [0.15, 0.2) is 0 Å². The number of likely N-dealkylation sites (tertiary alicyclic amines) is 1. The standard InChI is InChI=1S/C21H34N2O4S/c1-14(2)20(15(3)4)22-28(25,26)17-7-8-19(27-6)18(13-17)21(24)23-11-9-16(5)10-12-23/h7-8,13-16,20,22H,9-12H2,1-6H3. The zero-order chi connectivity index (χ0) is 21.1. The lowest BCUT2D eigenvalue weighted by Crippen LogP contribution is -2.42. The van der Waals surface area contributed by atoms with Crippen LogP contribution in [0.15, 0.2) is 23.1 Å². The fourth-order valence-corrected chi connectivity index (χ4v) is 5.25. The fourth-order valence-electron chi connectivity index (χ4n) is 3.69. The summed E-state index contributed by atoms with van der Waals surface area (Å²) in [7, 11) is -2.26. The van der Waals surface area contributed by atoms with Gasteiger partial charge in [-0.25, -0.2) is 13.1 Å². The van der Waals surface area contributed by atoms with Crippen LogP contribution in [-0.2, 0) is 10.0 Å². The summed E-state index contributed by atoms with van der Waals surface area (Å²) < 4.78 is 34.1. The number of ether oxygens (including phenoxy) is 1. The van der Waals surface area contributed by atoms with Crippen LogP contribution >= 0.6 is 0 Å². The highest BCUT2D eigenvalue weighted by Gasteiger charge is 2.28. The zero-order valence-electron chi connectivity index (χ0n) is 17.9. The third-order valence-corrected chi connectivity index (χ3v) is 6.97. The van der Waals surface area contributed by atoms with E-state index >= 15 is 0 Å². The van der Waals surface area contributed by atoms with Crippen LogP contribution in [0, 0.1) is 17.8 Å². The van der Waals surface area contributed by atoms with Gasteiger partial charge in [0.25, 0.3) is 5.91 Å². The summed E-state index contributed by atoms with van der Waals surface area (Å²) in [6.45, 7) is 11.5. The summed E-state index contributed by atoms with van der Waals surface area (Å²) in [6, 6.07) is 4.32. The van der Waals surface area contributed by atoms with Crippen molar-refractivity contribution in [2.24, 2.45) is 17.8 Å². The quantitative estimate of drug-likeness (QED) is 0.746. The van der Waals surface area contributed by atoms with E-state index in [1.807, 2.05) is 27.7 Å². The van der Waals surface area contributed by atoms with Crippen molar-refractivity contribution in [2.45, 2.75) is 58.4 Å². The van der Waals surface area contributed by atoms with Gasteiger partial charge in [-0.05, 0) is 48.8 Å². The Morgan fingerprint density at radius 3 is 2.21 bits per heavy atom.